The van der Waals surface area contributed by atoms with Crippen molar-refractivity contribution in [3.8, 4) is 5.75 Å². The van der Waals surface area contributed by atoms with Crippen LogP contribution in [0.25, 0.3) is 0 Å². The molecule has 152 valence electrons. The second-order valence-electron chi connectivity index (χ2n) is 6.87. The van der Waals surface area contributed by atoms with Crippen LogP contribution in [0, 0.1) is 5.82 Å². The van der Waals surface area contributed by atoms with E-state index in [1.807, 2.05) is 50.2 Å². The summed E-state index contributed by atoms with van der Waals surface area (Å²) in [5.41, 5.74) is 2.74. The number of halogens is 1. The fourth-order valence-electron chi connectivity index (χ4n) is 2.72. The van der Waals surface area contributed by atoms with Crippen molar-refractivity contribution in [3.05, 3.63) is 77.9 Å². The van der Waals surface area contributed by atoms with Gasteiger partial charge in [-0.2, -0.15) is 5.10 Å². The average molecular weight is 395 g/mol. The van der Waals surface area contributed by atoms with Gasteiger partial charge in [-0.3, -0.25) is 5.10 Å². The number of nitrogens with one attached hydrogen (secondary N) is 3. The van der Waals surface area contributed by atoms with Crippen molar-refractivity contribution in [1.29, 1.82) is 0 Å². The summed E-state index contributed by atoms with van der Waals surface area (Å²) in [5.74, 6) is 1.23. The van der Waals surface area contributed by atoms with Crippen molar-refractivity contribution in [2.24, 2.45) is 4.99 Å². The van der Waals surface area contributed by atoms with Crippen molar-refractivity contribution in [2.45, 2.75) is 32.9 Å². The van der Waals surface area contributed by atoms with Crippen LogP contribution in [0.1, 0.15) is 25.1 Å². The Morgan fingerprint density at radius 2 is 2.00 bits per heavy atom. The molecule has 3 aromatic rings. The summed E-state index contributed by atoms with van der Waals surface area (Å²) >= 11 is 0. The van der Waals surface area contributed by atoms with Gasteiger partial charge in [-0.05, 0) is 68.3 Å². The van der Waals surface area contributed by atoms with E-state index in [4.69, 9.17) is 4.74 Å². The van der Waals surface area contributed by atoms with Gasteiger partial charge in [0.15, 0.2) is 5.96 Å². The summed E-state index contributed by atoms with van der Waals surface area (Å²) in [6.45, 7) is 5.07. The lowest BCUT2D eigenvalue weighted by Gasteiger charge is -2.14. The van der Waals surface area contributed by atoms with Crippen molar-refractivity contribution in [2.75, 3.05) is 11.9 Å². The van der Waals surface area contributed by atoms with Gasteiger partial charge in [-0.25, -0.2) is 9.38 Å². The second kappa shape index (κ2) is 10.3. The first-order chi connectivity index (χ1) is 14.1. The number of hydrogen-bond donors (Lipinski definition) is 3. The first kappa shape index (κ1) is 20.4. The monoisotopic (exact) mass is 395 g/mol. The average Bonchev–Trinajstić information content (AvgIpc) is 3.21. The summed E-state index contributed by atoms with van der Waals surface area (Å²) in [5, 5.41) is 13.4. The van der Waals surface area contributed by atoms with Gasteiger partial charge in [0.05, 0.1) is 18.3 Å². The predicted octanol–water partition coefficient (Wildman–Crippen LogP) is 4.14. The molecule has 0 amide bonds. The van der Waals surface area contributed by atoms with Gasteiger partial charge in [0, 0.05) is 18.4 Å². The molecular weight excluding hydrogens is 369 g/mol. The number of ether oxygens (including phenoxy) is 1. The molecule has 1 aromatic heterocycles. The Bertz CT molecular complexity index is 907. The molecule has 0 fully saturated rings. The molecule has 0 spiro atoms. The number of aromatic nitrogens is 2. The van der Waals surface area contributed by atoms with Crippen LogP contribution in [0.4, 0.5) is 10.1 Å². The van der Waals surface area contributed by atoms with Crippen LogP contribution in [0.15, 0.2) is 65.8 Å². The highest BCUT2D eigenvalue weighted by atomic mass is 19.1. The van der Waals surface area contributed by atoms with Gasteiger partial charge in [0.2, 0.25) is 0 Å². The normalized spacial score (nSPS) is 11.5. The molecule has 0 saturated heterocycles. The molecular formula is C22H26FN5O. The zero-order chi connectivity index (χ0) is 20.5. The predicted molar refractivity (Wildman–Crippen MR) is 114 cm³/mol. The molecule has 0 aliphatic rings. The molecule has 0 unspecified atom stereocenters. The fourth-order valence-corrected chi connectivity index (χ4v) is 2.72. The minimum Gasteiger partial charge on any atom is -0.491 e. The third-order valence-electron chi connectivity index (χ3n) is 4.05. The van der Waals surface area contributed by atoms with E-state index in [1.165, 1.54) is 6.07 Å². The first-order valence-corrected chi connectivity index (χ1v) is 9.63. The van der Waals surface area contributed by atoms with E-state index in [-0.39, 0.29) is 11.9 Å². The number of guanidine groups is 1. The Labute approximate surface area is 170 Å². The van der Waals surface area contributed by atoms with Gasteiger partial charge in [-0.1, -0.05) is 12.1 Å². The maximum Gasteiger partial charge on any atom is 0.196 e. The lowest BCUT2D eigenvalue weighted by molar-refractivity contribution is 0.242. The number of aliphatic imine (C=N–C) groups is 1. The number of anilines is 1. The molecule has 0 bridgehead atoms. The van der Waals surface area contributed by atoms with Crippen LogP contribution in [-0.4, -0.2) is 28.8 Å². The van der Waals surface area contributed by atoms with E-state index in [0.717, 1.165) is 22.7 Å². The Hall–Kier alpha value is -3.35. The van der Waals surface area contributed by atoms with Crippen molar-refractivity contribution in [1.82, 2.24) is 15.5 Å². The van der Waals surface area contributed by atoms with Crippen molar-refractivity contribution >= 4 is 11.6 Å². The molecule has 2 aromatic carbocycles. The van der Waals surface area contributed by atoms with Crippen LogP contribution < -0.4 is 15.4 Å². The van der Waals surface area contributed by atoms with Crippen LogP contribution in [-0.2, 0) is 13.0 Å². The Morgan fingerprint density at radius 1 is 1.17 bits per heavy atom. The first-order valence-electron chi connectivity index (χ1n) is 9.63. The van der Waals surface area contributed by atoms with Gasteiger partial charge >= 0.3 is 0 Å². The van der Waals surface area contributed by atoms with Crippen molar-refractivity contribution in [3.63, 3.8) is 0 Å². The zero-order valence-electron chi connectivity index (χ0n) is 16.7. The number of nitrogens with zero attached hydrogens (tertiary/aromatic N) is 2. The molecule has 0 atom stereocenters. The van der Waals surface area contributed by atoms with Crippen LogP contribution >= 0.6 is 0 Å². The molecule has 0 radical (unpaired) electrons. The molecule has 7 heteroatoms. The molecule has 0 saturated carbocycles. The Kier molecular flexibility index (Phi) is 7.22. The third kappa shape index (κ3) is 6.95. The lowest BCUT2D eigenvalue weighted by atomic mass is 10.1. The SMILES string of the molecule is CC(C)Oc1ccc(NC(=NCc2ccn[nH]2)NCCc2cccc(F)c2)cc1. The van der Waals surface area contributed by atoms with E-state index >= 15 is 0 Å². The summed E-state index contributed by atoms with van der Waals surface area (Å²) in [6.07, 6.45) is 2.51. The van der Waals surface area contributed by atoms with Crippen LogP contribution in [0.3, 0.4) is 0 Å². The number of aromatic amines is 1. The Balaban J connectivity index is 1.63. The standard InChI is InChI=1S/C22H26FN5O/c1-16(2)29-21-8-6-19(7-9-21)27-22(25-15-20-11-13-26-28-20)24-12-10-17-4-3-5-18(23)14-17/h3-9,11,13-14,16H,10,12,15H2,1-2H3,(H,26,28)(H2,24,25,27). The highest BCUT2D eigenvalue weighted by Gasteiger charge is 2.04. The zero-order valence-corrected chi connectivity index (χ0v) is 16.7. The van der Waals surface area contributed by atoms with Crippen LogP contribution in [0.2, 0.25) is 0 Å². The van der Waals surface area contributed by atoms with E-state index in [2.05, 4.69) is 25.8 Å². The molecule has 29 heavy (non-hydrogen) atoms. The summed E-state index contributed by atoms with van der Waals surface area (Å²) < 4.78 is 19.0. The molecule has 3 N–H and O–H groups in total. The summed E-state index contributed by atoms with van der Waals surface area (Å²) in [6, 6.07) is 16.2. The lowest BCUT2D eigenvalue weighted by Crippen LogP contribution is -2.32. The van der Waals surface area contributed by atoms with Crippen LogP contribution in [0.5, 0.6) is 5.75 Å². The van der Waals surface area contributed by atoms with Crippen molar-refractivity contribution < 1.29 is 9.13 Å². The van der Waals surface area contributed by atoms with Gasteiger partial charge in [-0.15, -0.1) is 0 Å². The number of rotatable bonds is 8. The largest absolute Gasteiger partial charge is 0.491 e. The Morgan fingerprint density at radius 3 is 2.69 bits per heavy atom. The van der Waals surface area contributed by atoms with E-state index in [1.54, 1.807) is 18.3 Å². The number of H-pyrrole nitrogens is 1. The second-order valence-corrected chi connectivity index (χ2v) is 6.87. The van der Waals surface area contributed by atoms with E-state index < -0.39 is 0 Å². The maximum absolute atomic E-state index is 13.4. The smallest absolute Gasteiger partial charge is 0.196 e. The van der Waals surface area contributed by atoms with Gasteiger partial charge in [0.1, 0.15) is 11.6 Å². The fraction of sp³-hybridized carbons (Fsp3) is 0.273. The minimum absolute atomic E-state index is 0.129. The molecule has 6 nitrogen and oxygen atoms in total. The topological polar surface area (TPSA) is 74.3 Å². The van der Waals surface area contributed by atoms with Gasteiger partial charge in [0.25, 0.3) is 0 Å². The molecule has 0 aliphatic heterocycles. The highest BCUT2D eigenvalue weighted by Crippen LogP contribution is 2.17. The summed E-state index contributed by atoms with van der Waals surface area (Å²) in [7, 11) is 0. The maximum atomic E-state index is 13.4. The number of benzene rings is 2. The molecule has 0 aliphatic carbocycles. The van der Waals surface area contributed by atoms with Gasteiger partial charge < -0.3 is 15.4 Å². The summed E-state index contributed by atoms with van der Waals surface area (Å²) in [4.78, 5) is 4.60. The third-order valence-corrected chi connectivity index (χ3v) is 4.05. The van der Waals surface area contributed by atoms with E-state index in [9.17, 15) is 4.39 Å². The van der Waals surface area contributed by atoms with E-state index in [0.29, 0.717) is 25.5 Å². The number of hydrogen-bond acceptors (Lipinski definition) is 3. The molecule has 1 heterocycles. The quantitative estimate of drug-likeness (QED) is 0.396. The minimum atomic E-state index is -0.225. The molecule has 3 rings (SSSR count). The highest BCUT2D eigenvalue weighted by molar-refractivity contribution is 5.93.